The van der Waals surface area contributed by atoms with E-state index in [1.54, 1.807) is 0 Å². The van der Waals surface area contributed by atoms with Crippen molar-refractivity contribution in [2.24, 2.45) is 0 Å². The van der Waals surface area contributed by atoms with E-state index in [2.05, 4.69) is 24.8 Å². The maximum atomic E-state index is 11.4. The van der Waals surface area contributed by atoms with E-state index in [1.807, 2.05) is 36.4 Å². The highest BCUT2D eigenvalue weighted by atomic mass is 16.3. The van der Waals surface area contributed by atoms with Crippen molar-refractivity contribution in [1.29, 1.82) is 0 Å². The zero-order valence-corrected chi connectivity index (χ0v) is 11.7. The molecule has 0 fully saturated rings. The highest BCUT2D eigenvalue weighted by molar-refractivity contribution is 5.57. The molecule has 1 aliphatic rings. The Balaban J connectivity index is 2.22. The molecule has 2 aromatic carbocycles. The summed E-state index contributed by atoms with van der Waals surface area (Å²) in [5, 5.41) is 11.4. The number of rotatable bonds is 2. The van der Waals surface area contributed by atoms with Gasteiger partial charge in [0.25, 0.3) is 0 Å². The molecule has 1 N–H and O–H groups in total. The van der Waals surface area contributed by atoms with Crippen LogP contribution in [-0.2, 0) is 12.0 Å². The fourth-order valence-corrected chi connectivity index (χ4v) is 3.30. The second kappa shape index (κ2) is 5.26. The van der Waals surface area contributed by atoms with Crippen LogP contribution in [-0.4, -0.2) is 5.11 Å². The Bertz CT molecular complexity index is 629. The molecule has 1 unspecified atom stereocenters. The normalized spacial score (nSPS) is 21.9. The van der Waals surface area contributed by atoms with Gasteiger partial charge in [-0.1, -0.05) is 61.2 Å². The topological polar surface area (TPSA) is 20.2 Å². The number of hydrogen-bond acceptors (Lipinski definition) is 1. The first-order valence-electron chi connectivity index (χ1n) is 7.28. The maximum absolute atomic E-state index is 11.4. The summed E-state index contributed by atoms with van der Waals surface area (Å²) >= 11 is 0. The van der Waals surface area contributed by atoms with Crippen LogP contribution in [0.2, 0.25) is 0 Å². The summed E-state index contributed by atoms with van der Waals surface area (Å²) in [6, 6.07) is 16.3. The quantitative estimate of drug-likeness (QED) is 0.802. The first-order chi connectivity index (χ1) is 9.75. The van der Waals surface area contributed by atoms with Gasteiger partial charge in [-0.2, -0.15) is 0 Å². The number of hydrogen-bond donors (Lipinski definition) is 1. The Morgan fingerprint density at radius 1 is 0.950 bits per heavy atom. The molecule has 1 heteroatoms. The fraction of sp³-hybridized carbons (Fsp3) is 0.263. The van der Waals surface area contributed by atoms with Gasteiger partial charge in [0.1, 0.15) is 5.60 Å². The summed E-state index contributed by atoms with van der Waals surface area (Å²) in [6.45, 7) is 3.89. The van der Waals surface area contributed by atoms with E-state index in [9.17, 15) is 5.11 Å². The molecule has 1 aliphatic carbocycles. The van der Waals surface area contributed by atoms with E-state index in [4.69, 9.17) is 0 Å². The molecule has 1 nitrogen and oxygen atoms in total. The zero-order chi connectivity index (χ0) is 14.0. The summed E-state index contributed by atoms with van der Waals surface area (Å²) in [7, 11) is 0. The second-order valence-electron chi connectivity index (χ2n) is 5.52. The van der Waals surface area contributed by atoms with Crippen LogP contribution in [0.1, 0.15) is 41.5 Å². The fourth-order valence-electron chi connectivity index (χ4n) is 3.30. The van der Waals surface area contributed by atoms with Gasteiger partial charge in [0.05, 0.1) is 0 Å². The van der Waals surface area contributed by atoms with Crippen LogP contribution in [0.5, 0.6) is 0 Å². The van der Waals surface area contributed by atoms with Crippen molar-refractivity contribution in [3.8, 4) is 0 Å². The Hall–Kier alpha value is -1.86. The second-order valence-corrected chi connectivity index (χ2v) is 5.52. The summed E-state index contributed by atoms with van der Waals surface area (Å²) < 4.78 is 0. The molecular weight excluding hydrogens is 244 g/mol. The highest BCUT2D eigenvalue weighted by Gasteiger charge is 2.35. The molecule has 102 valence electrons. The van der Waals surface area contributed by atoms with Crippen LogP contribution >= 0.6 is 0 Å². The van der Waals surface area contributed by atoms with Gasteiger partial charge in [-0.05, 0) is 47.9 Å². The largest absolute Gasteiger partial charge is 0.380 e. The zero-order valence-electron chi connectivity index (χ0n) is 11.7. The Kier molecular flexibility index (Phi) is 3.45. The smallest absolute Gasteiger partial charge is 0.115 e. The third kappa shape index (κ3) is 2.08. The van der Waals surface area contributed by atoms with Crippen LogP contribution in [0.4, 0.5) is 0 Å². The summed E-state index contributed by atoms with van der Waals surface area (Å²) in [5.41, 5.74) is 3.44. The van der Waals surface area contributed by atoms with Gasteiger partial charge in [0.15, 0.2) is 0 Å². The van der Waals surface area contributed by atoms with E-state index < -0.39 is 5.60 Å². The minimum atomic E-state index is -0.891. The van der Waals surface area contributed by atoms with Crippen molar-refractivity contribution in [3.63, 3.8) is 0 Å². The Labute approximate surface area is 120 Å². The highest BCUT2D eigenvalue weighted by Crippen LogP contribution is 2.40. The summed E-state index contributed by atoms with van der Waals surface area (Å²) in [4.78, 5) is 0. The third-order valence-electron chi connectivity index (χ3n) is 4.32. The minimum absolute atomic E-state index is 0.773. The lowest BCUT2D eigenvalue weighted by atomic mass is 9.80. The minimum Gasteiger partial charge on any atom is -0.380 e. The molecule has 0 spiro atoms. The molecule has 0 heterocycles. The lowest BCUT2D eigenvalue weighted by Gasteiger charge is -2.31. The van der Waals surface area contributed by atoms with Crippen LogP contribution in [0.3, 0.4) is 0 Å². The number of fused-ring (bicyclic) bond motifs is 1. The van der Waals surface area contributed by atoms with Gasteiger partial charge in [-0.25, -0.2) is 0 Å². The van der Waals surface area contributed by atoms with E-state index in [0.717, 1.165) is 42.4 Å². The molecular formula is C19H20O. The lowest BCUT2D eigenvalue weighted by molar-refractivity contribution is 0.0703. The van der Waals surface area contributed by atoms with Crippen LogP contribution < -0.4 is 0 Å². The van der Waals surface area contributed by atoms with Gasteiger partial charge in [-0.3, -0.25) is 0 Å². The molecule has 0 amide bonds. The van der Waals surface area contributed by atoms with Crippen molar-refractivity contribution in [3.05, 3.63) is 77.4 Å². The average molecular weight is 264 g/mol. The first kappa shape index (κ1) is 13.1. The van der Waals surface area contributed by atoms with E-state index in [-0.39, 0.29) is 0 Å². The molecule has 0 bridgehead atoms. The van der Waals surface area contributed by atoms with Gasteiger partial charge >= 0.3 is 0 Å². The van der Waals surface area contributed by atoms with Crippen molar-refractivity contribution in [2.45, 2.75) is 31.3 Å². The molecule has 1 atom stereocenters. The number of benzene rings is 2. The van der Waals surface area contributed by atoms with Crippen molar-refractivity contribution in [1.82, 2.24) is 0 Å². The molecule has 20 heavy (non-hydrogen) atoms. The monoisotopic (exact) mass is 264 g/mol. The first-order valence-corrected chi connectivity index (χ1v) is 7.28. The lowest BCUT2D eigenvalue weighted by Crippen LogP contribution is -2.28. The SMILES string of the molecule is C=Cc1ccccc1C1(O)CCCCc2ccccc21. The third-order valence-corrected chi connectivity index (χ3v) is 4.32. The van der Waals surface area contributed by atoms with Crippen LogP contribution in [0.25, 0.3) is 6.08 Å². The van der Waals surface area contributed by atoms with Crippen molar-refractivity contribution >= 4 is 6.08 Å². The molecule has 2 aromatic rings. The van der Waals surface area contributed by atoms with Crippen LogP contribution in [0, 0.1) is 0 Å². The van der Waals surface area contributed by atoms with Crippen LogP contribution in [0.15, 0.2) is 55.1 Å². The average Bonchev–Trinajstić information content (AvgIpc) is 2.68. The maximum Gasteiger partial charge on any atom is 0.115 e. The van der Waals surface area contributed by atoms with Gasteiger partial charge in [-0.15, -0.1) is 0 Å². The molecule has 0 radical (unpaired) electrons. The van der Waals surface area contributed by atoms with E-state index in [0.29, 0.717) is 0 Å². The van der Waals surface area contributed by atoms with Crippen molar-refractivity contribution < 1.29 is 5.11 Å². The predicted molar refractivity (Wildman–Crippen MR) is 83.5 cm³/mol. The molecule has 0 aromatic heterocycles. The van der Waals surface area contributed by atoms with Crippen molar-refractivity contribution in [2.75, 3.05) is 0 Å². The molecule has 3 rings (SSSR count). The van der Waals surface area contributed by atoms with Gasteiger partial charge in [0.2, 0.25) is 0 Å². The molecule has 0 aliphatic heterocycles. The summed E-state index contributed by atoms with van der Waals surface area (Å²) in [5.74, 6) is 0. The number of aliphatic hydroxyl groups is 1. The Morgan fingerprint density at radius 3 is 2.45 bits per heavy atom. The van der Waals surface area contributed by atoms with E-state index in [1.165, 1.54) is 5.56 Å². The van der Waals surface area contributed by atoms with Gasteiger partial charge < -0.3 is 5.11 Å². The predicted octanol–water partition coefficient (Wildman–Crippen LogP) is 4.29. The molecule has 0 saturated carbocycles. The number of aryl methyl sites for hydroxylation is 1. The Morgan fingerprint density at radius 2 is 1.65 bits per heavy atom. The van der Waals surface area contributed by atoms with E-state index >= 15 is 0 Å². The standard InChI is InChI=1S/C19H20O/c1-2-15-9-3-5-12-17(15)19(20)14-8-7-11-16-10-4-6-13-18(16)19/h2-6,9-10,12-13,20H,1,7-8,11,14H2. The molecule has 0 saturated heterocycles. The summed E-state index contributed by atoms with van der Waals surface area (Å²) in [6.07, 6.45) is 5.83. The van der Waals surface area contributed by atoms with Gasteiger partial charge in [0, 0.05) is 0 Å².